The van der Waals surface area contributed by atoms with E-state index in [0.717, 1.165) is 5.56 Å². The van der Waals surface area contributed by atoms with Crippen LogP contribution in [0.5, 0.6) is 5.75 Å². The number of hydrogen-bond acceptors (Lipinski definition) is 5. The molecular weight excluding hydrogens is 346 g/mol. The minimum atomic E-state index is -0.390. The highest BCUT2D eigenvalue weighted by atomic mass is 16.5. The van der Waals surface area contributed by atoms with Gasteiger partial charge in [-0.15, -0.1) is 0 Å². The second-order valence-electron chi connectivity index (χ2n) is 5.81. The Kier molecular flexibility index (Phi) is 5.66. The van der Waals surface area contributed by atoms with Gasteiger partial charge in [0.1, 0.15) is 12.4 Å². The van der Waals surface area contributed by atoms with Crippen LogP contribution in [-0.4, -0.2) is 42.4 Å². The number of benzene rings is 2. The molecule has 0 radical (unpaired) electrons. The monoisotopic (exact) mass is 365 g/mol. The Morgan fingerprint density at radius 2 is 1.63 bits per heavy atom. The summed E-state index contributed by atoms with van der Waals surface area (Å²) >= 11 is 0. The zero-order valence-corrected chi connectivity index (χ0v) is 14.9. The topological polar surface area (TPSA) is 72.9 Å². The van der Waals surface area contributed by atoms with E-state index in [2.05, 4.69) is 0 Å². The molecule has 0 saturated heterocycles. The van der Waals surface area contributed by atoms with Gasteiger partial charge in [0.25, 0.3) is 11.8 Å². The zero-order valence-electron chi connectivity index (χ0n) is 14.9. The smallest absolute Gasteiger partial charge is 0.330 e. The van der Waals surface area contributed by atoms with E-state index in [4.69, 9.17) is 9.47 Å². The lowest BCUT2D eigenvalue weighted by Crippen LogP contribution is -2.33. The van der Waals surface area contributed by atoms with Crippen molar-refractivity contribution in [2.45, 2.75) is 6.92 Å². The molecule has 3 rings (SSSR count). The maximum atomic E-state index is 12.3. The standard InChI is InChI=1S/C21H19NO5/c1-2-26-19(23)12-9-15-7-10-16(11-8-15)27-14-13-22-20(24)17-5-3-4-6-18(17)21(22)25/h3-12H,2,13-14H2,1H3/b12-9+. The lowest BCUT2D eigenvalue weighted by molar-refractivity contribution is -0.137. The molecule has 0 aromatic heterocycles. The van der Waals surface area contributed by atoms with Gasteiger partial charge in [0, 0.05) is 6.08 Å². The van der Waals surface area contributed by atoms with E-state index in [1.54, 1.807) is 61.5 Å². The molecule has 0 bridgehead atoms. The fourth-order valence-electron chi connectivity index (χ4n) is 2.73. The normalized spacial score (nSPS) is 13.1. The van der Waals surface area contributed by atoms with Crippen LogP contribution in [-0.2, 0) is 9.53 Å². The highest BCUT2D eigenvalue weighted by molar-refractivity contribution is 6.21. The highest BCUT2D eigenvalue weighted by Crippen LogP contribution is 2.22. The van der Waals surface area contributed by atoms with Gasteiger partial charge in [-0.2, -0.15) is 0 Å². The third kappa shape index (κ3) is 4.23. The highest BCUT2D eigenvalue weighted by Gasteiger charge is 2.34. The van der Waals surface area contributed by atoms with Crippen molar-refractivity contribution in [1.29, 1.82) is 0 Å². The van der Waals surface area contributed by atoms with Gasteiger partial charge in [0.2, 0.25) is 0 Å². The minimum absolute atomic E-state index is 0.177. The summed E-state index contributed by atoms with van der Waals surface area (Å²) in [6.07, 6.45) is 3.02. The SMILES string of the molecule is CCOC(=O)/C=C/c1ccc(OCCN2C(=O)c3ccccc3C2=O)cc1. The molecule has 6 heteroatoms. The first kappa shape index (κ1) is 18.4. The number of esters is 1. The summed E-state index contributed by atoms with van der Waals surface area (Å²) in [5, 5.41) is 0. The van der Waals surface area contributed by atoms with Crippen molar-refractivity contribution in [3.05, 3.63) is 71.3 Å². The van der Waals surface area contributed by atoms with Crippen molar-refractivity contribution in [2.24, 2.45) is 0 Å². The van der Waals surface area contributed by atoms with Crippen molar-refractivity contribution in [1.82, 2.24) is 4.90 Å². The number of nitrogens with zero attached hydrogens (tertiary/aromatic N) is 1. The third-order valence-corrected chi connectivity index (χ3v) is 4.04. The van der Waals surface area contributed by atoms with E-state index >= 15 is 0 Å². The lowest BCUT2D eigenvalue weighted by atomic mass is 10.1. The lowest BCUT2D eigenvalue weighted by Gasteiger charge is -2.14. The Bertz CT molecular complexity index is 851. The summed E-state index contributed by atoms with van der Waals surface area (Å²) < 4.78 is 10.4. The molecule has 0 aliphatic carbocycles. The Morgan fingerprint density at radius 1 is 1.00 bits per heavy atom. The molecule has 0 N–H and O–H groups in total. The number of ether oxygens (including phenoxy) is 2. The molecule has 6 nitrogen and oxygen atoms in total. The van der Waals surface area contributed by atoms with Crippen LogP contribution in [0.3, 0.4) is 0 Å². The fourth-order valence-corrected chi connectivity index (χ4v) is 2.73. The molecule has 0 spiro atoms. The van der Waals surface area contributed by atoms with Crippen LogP contribution in [0.4, 0.5) is 0 Å². The molecule has 0 atom stereocenters. The van der Waals surface area contributed by atoms with Gasteiger partial charge in [-0.25, -0.2) is 4.79 Å². The van der Waals surface area contributed by atoms with E-state index in [0.29, 0.717) is 23.5 Å². The minimum Gasteiger partial charge on any atom is -0.492 e. The average molecular weight is 365 g/mol. The van der Waals surface area contributed by atoms with Crippen LogP contribution in [0, 0.1) is 0 Å². The quantitative estimate of drug-likeness (QED) is 0.428. The molecule has 0 unspecified atom stereocenters. The first-order valence-electron chi connectivity index (χ1n) is 8.63. The summed E-state index contributed by atoms with van der Waals surface area (Å²) in [4.78, 5) is 37.0. The molecule has 2 aromatic rings. The van der Waals surface area contributed by atoms with Crippen molar-refractivity contribution in [3.8, 4) is 5.75 Å². The molecule has 0 fully saturated rings. The van der Waals surface area contributed by atoms with Crippen molar-refractivity contribution >= 4 is 23.9 Å². The second kappa shape index (κ2) is 8.31. The third-order valence-electron chi connectivity index (χ3n) is 4.04. The summed E-state index contributed by atoms with van der Waals surface area (Å²) in [5.74, 6) is -0.365. The molecule has 2 amide bonds. The largest absolute Gasteiger partial charge is 0.492 e. The van der Waals surface area contributed by atoms with Crippen molar-refractivity contribution in [3.63, 3.8) is 0 Å². The predicted octanol–water partition coefficient (Wildman–Crippen LogP) is 2.94. The van der Waals surface area contributed by atoms with Crippen molar-refractivity contribution < 1.29 is 23.9 Å². The van der Waals surface area contributed by atoms with Crippen molar-refractivity contribution in [2.75, 3.05) is 19.8 Å². The number of rotatable bonds is 7. The van der Waals surface area contributed by atoms with Crippen LogP contribution < -0.4 is 4.74 Å². The Morgan fingerprint density at radius 3 is 2.22 bits per heavy atom. The number of fused-ring (bicyclic) bond motifs is 1. The molecule has 138 valence electrons. The van der Waals surface area contributed by atoms with E-state index < -0.39 is 5.97 Å². The van der Waals surface area contributed by atoms with Gasteiger partial charge in [-0.05, 0) is 42.8 Å². The van der Waals surface area contributed by atoms with Gasteiger partial charge in [0.15, 0.2) is 0 Å². The van der Waals surface area contributed by atoms with Gasteiger partial charge in [0.05, 0.1) is 24.3 Å². The predicted molar refractivity (Wildman–Crippen MR) is 99.4 cm³/mol. The number of amides is 2. The summed E-state index contributed by atoms with van der Waals surface area (Å²) in [5.41, 5.74) is 1.69. The summed E-state index contributed by atoms with van der Waals surface area (Å²) in [7, 11) is 0. The number of carbonyl (C=O) groups excluding carboxylic acids is 3. The summed E-state index contributed by atoms with van der Waals surface area (Å²) in [6.45, 7) is 2.46. The number of carbonyl (C=O) groups is 3. The van der Waals surface area contributed by atoms with Gasteiger partial charge in [-0.3, -0.25) is 14.5 Å². The summed E-state index contributed by atoms with van der Waals surface area (Å²) in [6, 6.07) is 13.9. The fraction of sp³-hybridized carbons (Fsp3) is 0.190. The van der Waals surface area contributed by atoms with Gasteiger partial charge < -0.3 is 9.47 Å². The van der Waals surface area contributed by atoms with E-state index in [1.165, 1.54) is 11.0 Å². The van der Waals surface area contributed by atoms with Crippen LogP contribution in [0.15, 0.2) is 54.6 Å². The molecule has 27 heavy (non-hydrogen) atoms. The number of hydrogen-bond donors (Lipinski definition) is 0. The van der Waals surface area contributed by atoms with E-state index in [-0.39, 0.29) is 25.0 Å². The number of imide groups is 1. The van der Waals surface area contributed by atoms with Crippen LogP contribution >= 0.6 is 0 Å². The molecule has 0 saturated carbocycles. The second-order valence-corrected chi connectivity index (χ2v) is 5.81. The first-order chi connectivity index (χ1) is 13.1. The van der Waals surface area contributed by atoms with E-state index in [1.807, 2.05) is 0 Å². The molecule has 2 aromatic carbocycles. The Labute approximate surface area is 157 Å². The maximum Gasteiger partial charge on any atom is 0.330 e. The Hall–Kier alpha value is -3.41. The van der Waals surface area contributed by atoms with Gasteiger partial charge >= 0.3 is 5.97 Å². The molecule has 1 aliphatic heterocycles. The first-order valence-corrected chi connectivity index (χ1v) is 8.63. The van der Waals surface area contributed by atoms with Crippen LogP contribution in [0.2, 0.25) is 0 Å². The maximum absolute atomic E-state index is 12.3. The van der Waals surface area contributed by atoms with Crippen LogP contribution in [0.1, 0.15) is 33.2 Å². The van der Waals surface area contributed by atoms with E-state index in [9.17, 15) is 14.4 Å². The Balaban J connectivity index is 1.52. The average Bonchev–Trinajstić information content (AvgIpc) is 2.93. The molecule has 1 aliphatic rings. The van der Waals surface area contributed by atoms with Gasteiger partial charge in [-0.1, -0.05) is 24.3 Å². The zero-order chi connectivity index (χ0) is 19.2. The molecule has 1 heterocycles. The molecular formula is C21H19NO5. The van der Waals surface area contributed by atoms with Crippen LogP contribution in [0.25, 0.3) is 6.08 Å².